The monoisotopic (exact) mass is 673 g/mol. The predicted molar refractivity (Wildman–Crippen MR) is 183 cm³/mol. The number of halogens is 3. The number of rotatable bonds is 17. The number of hydrogen-bond acceptors (Lipinski definition) is 8. The Bertz CT molecular complexity index is 1450. The Morgan fingerprint density at radius 2 is 1.79 bits per heavy atom. The fourth-order valence-corrected chi connectivity index (χ4v) is 6.09. The van der Waals surface area contributed by atoms with Crippen LogP contribution in [0.3, 0.4) is 0 Å². The third-order valence-corrected chi connectivity index (χ3v) is 9.01. The minimum absolute atomic E-state index is 0.0372. The highest BCUT2D eigenvalue weighted by Crippen LogP contribution is 2.39. The lowest BCUT2D eigenvalue weighted by Gasteiger charge is -2.26. The van der Waals surface area contributed by atoms with E-state index in [-0.39, 0.29) is 25.6 Å². The summed E-state index contributed by atoms with van der Waals surface area (Å²) in [5.74, 6) is 2.90. The average Bonchev–Trinajstić information content (AvgIpc) is 3.73. The Balaban J connectivity index is 1.49. The van der Waals surface area contributed by atoms with Gasteiger partial charge in [0.15, 0.2) is 0 Å². The van der Waals surface area contributed by atoms with Crippen LogP contribution in [0.25, 0.3) is 0 Å². The molecule has 4 rings (SSSR count). The number of aliphatic hydroxyl groups is 1. The third kappa shape index (κ3) is 11.3. The molecule has 0 radical (unpaired) electrons. The van der Waals surface area contributed by atoms with Gasteiger partial charge in [0.2, 0.25) is 0 Å². The zero-order valence-corrected chi connectivity index (χ0v) is 28.4. The fourth-order valence-electron chi connectivity index (χ4n) is 5.26. The maximum Gasteiger partial charge on any atom is 0.416 e. The summed E-state index contributed by atoms with van der Waals surface area (Å²) in [6.07, 6.45) is -4.03. The number of nitrogens with zero attached hydrogens (tertiary/aromatic N) is 3. The van der Waals surface area contributed by atoms with Gasteiger partial charge in [-0.25, -0.2) is 4.98 Å². The molecule has 1 aliphatic carbocycles. The van der Waals surface area contributed by atoms with E-state index in [0.29, 0.717) is 52.0 Å². The minimum atomic E-state index is -4.44. The Hall–Kier alpha value is -3.48. The molecule has 2 aromatic carbocycles. The van der Waals surface area contributed by atoms with Crippen LogP contribution in [0.4, 0.5) is 24.8 Å². The van der Waals surface area contributed by atoms with Gasteiger partial charge in [0, 0.05) is 51.0 Å². The van der Waals surface area contributed by atoms with Crippen LogP contribution in [0, 0.1) is 11.8 Å². The smallest absolute Gasteiger partial charge is 0.416 e. The van der Waals surface area contributed by atoms with E-state index in [0.717, 1.165) is 18.7 Å². The van der Waals surface area contributed by atoms with Gasteiger partial charge in [0.25, 0.3) is 5.91 Å². The molecule has 8 nitrogen and oxygen atoms in total. The number of aliphatic hydroxyl groups excluding tert-OH is 1. The van der Waals surface area contributed by atoms with Gasteiger partial charge >= 0.3 is 6.18 Å². The van der Waals surface area contributed by atoms with Crippen LogP contribution >= 0.6 is 11.9 Å². The van der Waals surface area contributed by atoms with E-state index in [4.69, 9.17) is 9.72 Å². The quantitative estimate of drug-likeness (QED) is 0.142. The van der Waals surface area contributed by atoms with Gasteiger partial charge in [-0.15, -0.1) is 0 Å². The van der Waals surface area contributed by atoms with Gasteiger partial charge in [-0.3, -0.25) is 4.79 Å². The van der Waals surface area contributed by atoms with Gasteiger partial charge < -0.3 is 29.7 Å². The summed E-state index contributed by atoms with van der Waals surface area (Å²) < 4.78 is 47.3. The number of anilines is 2. The van der Waals surface area contributed by atoms with Crippen molar-refractivity contribution in [2.75, 3.05) is 43.0 Å². The van der Waals surface area contributed by atoms with Crippen molar-refractivity contribution < 1.29 is 27.8 Å². The number of carbonyl (C=O) groups excluding carboxylic acids is 1. The number of ether oxygens (including phenoxy) is 1. The summed E-state index contributed by atoms with van der Waals surface area (Å²) in [4.78, 5) is 20.8. The van der Waals surface area contributed by atoms with Crippen molar-refractivity contribution in [3.63, 3.8) is 0 Å². The zero-order chi connectivity index (χ0) is 34.1. The van der Waals surface area contributed by atoms with Crippen molar-refractivity contribution in [1.82, 2.24) is 15.6 Å². The van der Waals surface area contributed by atoms with Crippen LogP contribution in [-0.4, -0.2) is 67.2 Å². The Morgan fingerprint density at radius 3 is 2.45 bits per heavy atom. The molecule has 3 aromatic rings. The molecule has 3 N–H and O–H groups in total. The first-order chi connectivity index (χ1) is 22.3. The number of nitrogens with one attached hydrogen (secondary N) is 2. The van der Waals surface area contributed by atoms with Crippen molar-refractivity contribution in [3.8, 4) is 5.75 Å². The Labute approximate surface area is 280 Å². The summed E-state index contributed by atoms with van der Waals surface area (Å²) in [5.41, 5.74) is 0.117. The molecule has 0 spiro atoms. The SMILES string of the molecule is CC(C)SN(C)c1cc(C(=O)N[C@@H](CCOc2ccccc2)[C@@H](O)CNCc2cccc(C(F)(F)F)c2)cc(N(C)C[C@H]2C[C@@H]2C)n1. The maximum atomic E-state index is 13.8. The first-order valence-corrected chi connectivity index (χ1v) is 16.8. The van der Waals surface area contributed by atoms with Crippen LogP contribution in [-0.2, 0) is 12.7 Å². The summed E-state index contributed by atoms with van der Waals surface area (Å²) in [7, 11) is 3.91. The van der Waals surface area contributed by atoms with Gasteiger partial charge in [-0.2, -0.15) is 13.2 Å². The minimum Gasteiger partial charge on any atom is -0.494 e. The fraction of sp³-hybridized carbons (Fsp3) is 0.486. The molecule has 256 valence electrons. The molecule has 0 bridgehead atoms. The highest BCUT2D eigenvalue weighted by Gasteiger charge is 2.34. The molecular formula is C35H46F3N5O3S. The van der Waals surface area contributed by atoms with E-state index >= 15 is 0 Å². The molecule has 1 amide bonds. The topological polar surface area (TPSA) is 90.0 Å². The van der Waals surface area contributed by atoms with Crippen LogP contribution in [0.15, 0.2) is 66.7 Å². The van der Waals surface area contributed by atoms with Crippen molar-refractivity contribution >= 4 is 29.5 Å². The maximum absolute atomic E-state index is 13.8. The summed E-state index contributed by atoms with van der Waals surface area (Å²) in [6, 6.07) is 17.1. The van der Waals surface area contributed by atoms with E-state index in [2.05, 4.69) is 36.3 Å². The number of para-hydroxylation sites is 1. The second-order valence-electron chi connectivity index (χ2n) is 12.5. The molecule has 12 heteroatoms. The normalized spacial score (nSPS) is 17.2. The molecule has 1 heterocycles. The molecule has 0 aliphatic heterocycles. The number of carbonyl (C=O) groups is 1. The average molecular weight is 674 g/mol. The predicted octanol–water partition coefficient (Wildman–Crippen LogP) is 6.40. The summed E-state index contributed by atoms with van der Waals surface area (Å²) in [6.45, 7) is 7.63. The number of aromatic nitrogens is 1. The second kappa shape index (κ2) is 16.6. The first kappa shape index (κ1) is 36.4. The van der Waals surface area contributed by atoms with E-state index in [1.165, 1.54) is 12.5 Å². The van der Waals surface area contributed by atoms with Gasteiger partial charge in [0.05, 0.1) is 24.3 Å². The molecule has 0 saturated heterocycles. The first-order valence-electron chi connectivity index (χ1n) is 16.0. The van der Waals surface area contributed by atoms with Crippen LogP contribution in [0.2, 0.25) is 0 Å². The summed E-state index contributed by atoms with van der Waals surface area (Å²) in [5, 5.41) is 17.6. The largest absolute Gasteiger partial charge is 0.494 e. The van der Waals surface area contributed by atoms with Crippen LogP contribution in [0.5, 0.6) is 5.75 Å². The van der Waals surface area contributed by atoms with E-state index in [1.54, 1.807) is 30.1 Å². The van der Waals surface area contributed by atoms with E-state index < -0.39 is 23.9 Å². The molecule has 1 fully saturated rings. The number of pyridine rings is 1. The Kier molecular flexibility index (Phi) is 12.8. The molecule has 1 saturated carbocycles. The highest BCUT2D eigenvalue weighted by molar-refractivity contribution is 8.01. The van der Waals surface area contributed by atoms with Gasteiger partial charge in [-0.1, -0.05) is 57.2 Å². The molecule has 1 aromatic heterocycles. The third-order valence-electron chi connectivity index (χ3n) is 8.09. The zero-order valence-electron chi connectivity index (χ0n) is 27.6. The summed E-state index contributed by atoms with van der Waals surface area (Å²) >= 11 is 1.61. The second-order valence-corrected chi connectivity index (χ2v) is 14.2. The standard InChI is InChI=1S/C35H46F3N5O3S/c1-23(2)47-43(5)33-19-26(18-32(41-33)42(4)22-27-16-24(27)3)34(45)40-30(14-15-46-29-12-7-6-8-13-29)31(44)21-39-20-25-10-9-11-28(17-25)35(36,37)38/h6-13,17-19,23-24,27,30-31,39,44H,14-16,20-22H2,1-5H3,(H,40,45)/t24-,27+,30-,31-/m0/s1. The van der Waals surface area contributed by atoms with Crippen molar-refractivity contribution in [2.45, 2.75) is 63.7 Å². The van der Waals surface area contributed by atoms with Gasteiger partial charge in [0.1, 0.15) is 17.4 Å². The lowest BCUT2D eigenvalue weighted by atomic mass is 10.1. The number of alkyl halides is 3. The van der Waals surface area contributed by atoms with E-state index in [9.17, 15) is 23.1 Å². The number of hydrogen-bond donors (Lipinski definition) is 3. The molecule has 0 unspecified atom stereocenters. The molecule has 47 heavy (non-hydrogen) atoms. The number of amides is 1. The van der Waals surface area contributed by atoms with Gasteiger partial charge in [-0.05, 0) is 66.1 Å². The molecule has 1 aliphatic rings. The van der Waals surface area contributed by atoms with Crippen molar-refractivity contribution in [2.24, 2.45) is 11.8 Å². The molecular weight excluding hydrogens is 627 g/mol. The van der Waals surface area contributed by atoms with Crippen LogP contribution < -0.4 is 24.6 Å². The number of benzene rings is 2. The van der Waals surface area contributed by atoms with E-state index in [1.807, 2.05) is 48.7 Å². The molecule has 4 atom stereocenters. The van der Waals surface area contributed by atoms with Crippen molar-refractivity contribution in [3.05, 3.63) is 83.4 Å². The Morgan fingerprint density at radius 1 is 1.09 bits per heavy atom. The lowest BCUT2D eigenvalue weighted by Crippen LogP contribution is -2.48. The van der Waals surface area contributed by atoms with Crippen molar-refractivity contribution in [1.29, 1.82) is 0 Å². The lowest BCUT2D eigenvalue weighted by molar-refractivity contribution is -0.137. The highest BCUT2D eigenvalue weighted by atomic mass is 32.2. The van der Waals surface area contributed by atoms with Crippen LogP contribution in [0.1, 0.15) is 55.1 Å².